The van der Waals surface area contributed by atoms with E-state index in [1.807, 2.05) is 12.1 Å². The highest BCUT2D eigenvalue weighted by atomic mass is 32.2. The number of thioether (sulfide) groups is 1. The van der Waals surface area contributed by atoms with Gasteiger partial charge in [-0.3, -0.25) is 0 Å². The van der Waals surface area contributed by atoms with Crippen molar-refractivity contribution >= 4 is 27.4 Å². The van der Waals surface area contributed by atoms with E-state index in [1.54, 1.807) is 18.0 Å². The van der Waals surface area contributed by atoms with Crippen molar-refractivity contribution in [3.05, 3.63) is 23.9 Å². The van der Waals surface area contributed by atoms with Gasteiger partial charge in [0.15, 0.2) is 0 Å². The quantitative estimate of drug-likeness (QED) is 0.743. The number of rotatable bonds is 8. The maximum atomic E-state index is 11.0. The lowest BCUT2D eigenvalue weighted by Gasteiger charge is -2.06. The van der Waals surface area contributed by atoms with Crippen molar-refractivity contribution in [3.8, 4) is 0 Å². The fourth-order valence-corrected chi connectivity index (χ4v) is 3.56. The molecular weight excluding hydrogens is 268 g/mol. The summed E-state index contributed by atoms with van der Waals surface area (Å²) in [6, 6.07) is 3.98. The molecule has 0 saturated carbocycles. The monoisotopic (exact) mass is 288 g/mol. The number of nitrogens with one attached hydrogen (secondary N) is 1. The van der Waals surface area contributed by atoms with Gasteiger partial charge in [-0.1, -0.05) is 6.92 Å². The molecular formula is C12H20N2O2S2. The lowest BCUT2D eigenvalue weighted by atomic mass is 10.3. The molecule has 0 fully saturated rings. The molecule has 6 heteroatoms. The van der Waals surface area contributed by atoms with Gasteiger partial charge >= 0.3 is 0 Å². The standard InChI is InChI=1S/C12H20N2O2S2/c1-3-5-13-12-9-11(4-6-14-12)10-17-7-8-18(2,15)16/h4,6,9H,3,5,7-8,10H2,1-2H3,(H,13,14). The second-order valence-corrected chi connectivity index (χ2v) is 7.52. The molecule has 0 saturated heterocycles. The van der Waals surface area contributed by atoms with Crippen molar-refractivity contribution in [2.24, 2.45) is 0 Å². The lowest BCUT2D eigenvalue weighted by molar-refractivity contribution is 0.603. The van der Waals surface area contributed by atoms with Gasteiger partial charge in [0.25, 0.3) is 0 Å². The van der Waals surface area contributed by atoms with Crippen LogP contribution in [0.25, 0.3) is 0 Å². The summed E-state index contributed by atoms with van der Waals surface area (Å²) in [5, 5.41) is 3.23. The van der Waals surface area contributed by atoms with Gasteiger partial charge in [-0.15, -0.1) is 0 Å². The summed E-state index contributed by atoms with van der Waals surface area (Å²) in [6.07, 6.45) is 4.12. The summed E-state index contributed by atoms with van der Waals surface area (Å²) in [5.41, 5.74) is 1.17. The first-order chi connectivity index (χ1) is 8.51. The minimum Gasteiger partial charge on any atom is -0.370 e. The molecule has 102 valence electrons. The van der Waals surface area contributed by atoms with Crippen molar-refractivity contribution in [1.29, 1.82) is 0 Å². The van der Waals surface area contributed by atoms with Crippen LogP contribution in [0, 0.1) is 0 Å². The lowest BCUT2D eigenvalue weighted by Crippen LogP contribution is -2.05. The van der Waals surface area contributed by atoms with Crippen molar-refractivity contribution < 1.29 is 8.42 Å². The molecule has 4 nitrogen and oxygen atoms in total. The van der Waals surface area contributed by atoms with Crippen LogP contribution in [0.4, 0.5) is 5.82 Å². The van der Waals surface area contributed by atoms with Gasteiger partial charge < -0.3 is 5.32 Å². The number of hydrogen-bond acceptors (Lipinski definition) is 5. The summed E-state index contributed by atoms with van der Waals surface area (Å²) in [7, 11) is -2.84. The fourth-order valence-electron chi connectivity index (χ4n) is 1.31. The topological polar surface area (TPSA) is 59.1 Å². The van der Waals surface area contributed by atoms with Crippen LogP contribution in [-0.4, -0.2) is 37.7 Å². The maximum absolute atomic E-state index is 11.0. The third-order valence-corrected chi connectivity index (χ3v) is 4.48. The van der Waals surface area contributed by atoms with Gasteiger partial charge in [-0.25, -0.2) is 13.4 Å². The van der Waals surface area contributed by atoms with Gasteiger partial charge in [0, 0.05) is 30.5 Å². The van der Waals surface area contributed by atoms with Gasteiger partial charge in [0.05, 0.1) is 5.75 Å². The second kappa shape index (κ2) is 7.63. The average Bonchev–Trinajstić information content (AvgIpc) is 2.31. The first-order valence-electron chi connectivity index (χ1n) is 5.95. The normalized spacial score (nSPS) is 11.4. The van der Waals surface area contributed by atoms with E-state index in [9.17, 15) is 8.42 Å². The SMILES string of the molecule is CCCNc1cc(CSCCS(C)(=O)=O)ccn1. The number of nitrogens with zero attached hydrogens (tertiary/aromatic N) is 1. The molecule has 0 radical (unpaired) electrons. The van der Waals surface area contributed by atoms with Crippen LogP contribution in [0.5, 0.6) is 0 Å². The number of sulfone groups is 1. The molecule has 1 aromatic rings. The zero-order valence-electron chi connectivity index (χ0n) is 10.8. The van der Waals surface area contributed by atoms with Crippen LogP contribution in [0.2, 0.25) is 0 Å². The molecule has 18 heavy (non-hydrogen) atoms. The highest BCUT2D eigenvalue weighted by molar-refractivity contribution is 7.99. The third kappa shape index (κ3) is 6.86. The molecule has 1 N–H and O–H groups in total. The number of pyridine rings is 1. The highest BCUT2D eigenvalue weighted by Crippen LogP contribution is 2.14. The van der Waals surface area contributed by atoms with E-state index < -0.39 is 9.84 Å². The van der Waals surface area contributed by atoms with Crippen LogP contribution in [0.15, 0.2) is 18.3 Å². The zero-order chi connectivity index (χ0) is 13.4. The molecule has 1 heterocycles. The van der Waals surface area contributed by atoms with Crippen molar-refractivity contribution in [3.63, 3.8) is 0 Å². The van der Waals surface area contributed by atoms with Crippen LogP contribution >= 0.6 is 11.8 Å². The Balaban J connectivity index is 2.38. The molecule has 1 aromatic heterocycles. The number of hydrogen-bond donors (Lipinski definition) is 1. The van der Waals surface area contributed by atoms with E-state index in [1.165, 1.54) is 11.8 Å². The highest BCUT2D eigenvalue weighted by Gasteiger charge is 2.02. The van der Waals surface area contributed by atoms with Crippen molar-refractivity contribution in [2.75, 3.05) is 29.6 Å². The second-order valence-electron chi connectivity index (χ2n) is 4.16. The van der Waals surface area contributed by atoms with E-state index in [-0.39, 0.29) is 5.75 Å². The Kier molecular flexibility index (Phi) is 6.49. The van der Waals surface area contributed by atoms with E-state index in [0.717, 1.165) is 24.5 Å². The van der Waals surface area contributed by atoms with Crippen molar-refractivity contribution in [2.45, 2.75) is 19.1 Å². The largest absolute Gasteiger partial charge is 0.370 e. The minimum atomic E-state index is -2.84. The van der Waals surface area contributed by atoms with Crippen LogP contribution in [0.1, 0.15) is 18.9 Å². The van der Waals surface area contributed by atoms with E-state index in [4.69, 9.17) is 0 Å². The third-order valence-electron chi connectivity index (χ3n) is 2.25. The summed E-state index contributed by atoms with van der Waals surface area (Å²) in [4.78, 5) is 4.23. The Morgan fingerprint density at radius 3 is 2.89 bits per heavy atom. The smallest absolute Gasteiger partial charge is 0.148 e. The summed E-state index contributed by atoms with van der Waals surface area (Å²) in [5.74, 6) is 2.58. The summed E-state index contributed by atoms with van der Waals surface area (Å²) >= 11 is 1.63. The Morgan fingerprint density at radius 2 is 2.22 bits per heavy atom. The molecule has 0 spiro atoms. The predicted molar refractivity (Wildman–Crippen MR) is 78.9 cm³/mol. The molecule has 0 aromatic carbocycles. The van der Waals surface area contributed by atoms with Gasteiger partial charge in [-0.05, 0) is 24.1 Å². The van der Waals surface area contributed by atoms with Gasteiger partial charge in [0.2, 0.25) is 0 Å². The molecule has 0 aliphatic heterocycles. The molecule has 0 unspecified atom stereocenters. The summed E-state index contributed by atoms with van der Waals surface area (Å²) < 4.78 is 22.0. The summed E-state index contributed by atoms with van der Waals surface area (Å²) in [6.45, 7) is 3.02. The Labute approximate surface area is 114 Å². The van der Waals surface area contributed by atoms with E-state index in [0.29, 0.717) is 5.75 Å². The van der Waals surface area contributed by atoms with Crippen LogP contribution < -0.4 is 5.32 Å². The average molecular weight is 288 g/mol. The number of anilines is 1. The minimum absolute atomic E-state index is 0.240. The van der Waals surface area contributed by atoms with Gasteiger partial charge in [0.1, 0.15) is 15.7 Å². The zero-order valence-corrected chi connectivity index (χ0v) is 12.5. The number of aromatic nitrogens is 1. The van der Waals surface area contributed by atoms with E-state index >= 15 is 0 Å². The predicted octanol–water partition coefficient (Wildman–Crippen LogP) is 2.18. The van der Waals surface area contributed by atoms with E-state index in [2.05, 4.69) is 17.2 Å². The molecule has 1 rings (SSSR count). The molecule has 0 aliphatic rings. The maximum Gasteiger partial charge on any atom is 0.148 e. The van der Waals surface area contributed by atoms with Crippen LogP contribution in [0.3, 0.4) is 0 Å². The molecule has 0 bridgehead atoms. The van der Waals surface area contributed by atoms with Crippen molar-refractivity contribution in [1.82, 2.24) is 4.98 Å². The first kappa shape index (κ1) is 15.3. The molecule has 0 amide bonds. The Hall–Kier alpha value is -0.750. The molecule has 0 atom stereocenters. The first-order valence-corrected chi connectivity index (χ1v) is 9.17. The fraction of sp³-hybridized carbons (Fsp3) is 0.583. The van der Waals surface area contributed by atoms with Gasteiger partial charge in [-0.2, -0.15) is 11.8 Å². The Bertz CT molecular complexity index is 461. The van der Waals surface area contributed by atoms with Crippen LogP contribution in [-0.2, 0) is 15.6 Å². The molecule has 0 aliphatic carbocycles. The Morgan fingerprint density at radius 1 is 1.44 bits per heavy atom.